The van der Waals surface area contributed by atoms with Crippen molar-refractivity contribution in [3.63, 3.8) is 0 Å². The SMILES string of the molecule is O=Cc1ccc(OCCCC2OCCO2)cc1. The molecule has 4 heteroatoms. The first-order valence-corrected chi connectivity index (χ1v) is 5.80. The quantitative estimate of drug-likeness (QED) is 0.560. The summed E-state index contributed by atoms with van der Waals surface area (Å²) < 4.78 is 16.2. The van der Waals surface area contributed by atoms with Crippen LogP contribution in [0.2, 0.25) is 0 Å². The number of hydrogen-bond donors (Lipinski definition) is 0. The maximum atomic E-state index is 10.5. The van der Waals surface area contributed by atoms with Gasteiger partial charge in [-0.3, -0.25) is 4.79 Å². The molecule has 1 aromatic carbocycles. The third-order valence-electron chi connectivity index (χ3n) is 2.56. The van der Waals surface area contributed by atoms with Gasteiger partial charge in [0.05, 0.1) is 19.8 Å². The number of ether oxygens (including phenoxy) is 3. The molecule has 1 saturated heterocycles. The highest BCUT2D eigenvalue weighted by atomic mass is 16.7. The predicted molar refractivity (Wildman–Crippen MR) is 62.3 cm³/mol. The molecule has 0 spiro atoms. The number of benzene rings is 1. The Bertz CT molecular complexity index is 341. The summed E-state index contributed by atoms with van der Waals surface area (Å²) in [7, 11) is 0. The number of hydrogen-bond acceptors (Lipinski definition) is 4. The van der Waals surface area contributed by atoms with Gasteiger partial charge in [0.25, 0.3) is 0 Å². The van der Waals surface area contributed by atoms with E-state index < -0.39 is 0 Å². The Morgan fingerprint density at radius 1 is 1.24 bits per heavy atom. The Morgan fingerprint density at radius 3 is 2.59 bits per heavy atom. The van der Waals surface area contributed by atoms with Crippen molar-refractivity contribution in [2.24, 2.45) is 0 Å². The molecule has 4 nitrogen and oxygen atoms in total. The molecule has 1 aliphatic rings. The number of rotatable bonds is 6. The highest BCUT2D eigenvalue weighted by Crippen LogP contribution is 2.13. The van der Waals surface area contributed by atoms with Crippen LogP contribution in [0.1, 0.15) is 23.2 Å². The maximum absolute atomic E-state index is 10.5. The van der Waals surface area contributed by atoms with E-state index in [-0.39, 0.29) is 6.29 Å². The van der Waals surface area contributed by atoms with Crippen molar-refractivity contribution < 1.29 is 19.0 Å². The minimum absolute atomic E-state index is 0.0592. The van der Waals surface area contributed by atoms with Crippen LogP contribution in [0.3, 0.4) is 0 Å². The Balaban J connectivity index is 1.65. The zero-order valence-electron chi connectivity index (χ0n) is 9.63. The molecule has 0 bridgehead atoms. The molecule has 0 saturated carbocycles. The van der Waals surface area contributed by atoms with E-state index in [0.717, 1.165) is 24.9 Å². The lowest BCUT2D eigenvalue weighted by Gasteiger charge is -2.09. The van der Waals surface area contributed by atoms with Crippen LogP contribution in [0.15, 0.2) is 24.3 Å². The van der Waals surface area contributed by atoms with E-state index in [1.807, 2.05) is 0 Å². The lowest BCUT2D eigenvalue weighted by atomic mass is 10.2. The monoisotopic (exact) mass is 236 g/mol. The number of carbonyl (C=O) groups excluding carboxylic acids is 1. The third-order valence-corrected chi connectivity index (χ3v) is 2.56. The maximum Gasteiger partial charge on any atom is 0.157 e. The van der Waals surface area contributed by atoms with Crippen LogP contribution in [-0.2, 0) is 9.47 Å². The van der Waals surface area contributed by atoms with Crippen molar-refractivity contribution >= 4 is 6.29 Å². The topological polar surface area (TPSA) is 44.8 Å². The van der Waals surface area contributed by atoms with Crippen molar-refractivity contribution in [3.8, 4) is 5.75 Å². The second kappa shape index (κ2) is 6.37. The fourth-order valence-electron chi connectivity index (χ4n) is 1.66. The number of aldehydes is 1. The highest BCUT2D eigenvalue weighted by Gasteiger charge is 2.14. The summed E-state index contributed by atoms with van der Waals surface area (Å²) >= 11 is 0. The van der Waals surface area contributed by atoms with E-state index in [1.165, 1.54) is 0 Å². The molecule has 0 aliphatic carbocycles. The van der Waals surface area contributed by atoms with Gasteiger partial charge < -0.3 is 14.2 Å². The molecule has 0 radical (unpaired) electrons. The van der Waals surface area contributed by atoms with Gasteiger partial charge in [0.1, 0.15) is 12.0 Å². The van der Waals surface area contributed by atoms with Crippen LogP contribution in [0.5, 0.6) is 5.75 Å². The molecule has 0 atom stereocenters. The Kier molecular flexibility index (Phi) is 4.53. The van der Waals surface area contributed by atoms with Gasteiger partial charge in [-0.05, 0) is 30.7 Å². The van der Waals surface area contributed by atoms with Gasteiger partial charge in [0.15, 0.2) is 6.29 Å². The summed E-state index contributed by atoms with van der Waals surface area (Å²) in [6.07, 6.45) is 2.50. The van der Waals surface area contributed by atoms with E-state index in [1.54, 1.807) is 24.3 Å². The largest absolute Gasteiger partial charge is 0.494 e. The summed E-state index contributed by atoms with van der Waals surface area (Å²) in [6.45, 7) is 2.01. The van der Waals surface area contributed by atoms with Gasteiger partial charge in [-0.1, -0.05) is 0 Å². The average Bonchev–Trinajstić information content (AvgIpc) is 2.88. The first-order valence-electron chi connectivity index (χ1n) is 5.80. The molecule has 2 rings (SSSR count). The zero-order chi connectivity index (χ0) is 11.9. The van der Waals surface area contributed by atoms with Crippen LogP contribution < -0.4 is 4.74 Å². The summed E-state index contributed by atoms with van der Waals surface area (Å²) in [4.78, 5) is 10.5. The standard InChI is InChI=1S/C13H16O4/c14-10-11-3-5-12(6-4-11)15-7-1-2-13-16-8-9-17-13/h3-6,10,13H,1-2,7-9H2. The molecular formula is C13H16O4. The van der Waals surface area contributed by atoms with Gasteiger partial charge in [-0.15, -0.1) is 0 Å². The van der Waals surface area contributed by atoms with Crippen LogP contribution in [-0.4, -0.2) is 32.4 Å². The van der Waals surface area contributed by atoms with Crippen LogP contribution in [0.25, 0.3) is 0 Å². The zero-order valence-corrected chi connectivity index (χ0v) is 9.63. The number of carbonyl (C=O) groups is 1. The van der Waals surface area contributed by atoms with Crippen LogP contribution in [0.4, 0.5) is 0 Å². The molecule has 0 amide bonds. The molecule has 1 heterocycles. The Morgan fingerprint density at radius 2 is 1.94 bits per heavy atom. The normalized spacial score (nSPS) is 16.0. The molecule has 0 unspecified atom stereocenters. The summed E-state index contributed by atoms with van der Waals surface area (Å²) in [5.41, 5.74) is 0.658. The first-order chi connectivity index (χ1) is 8.38. The molecular weight excluding hydrogens is 220 g/mol. The minimum atomic E-state index is -0.0592. The van der Waals surface area contributed by atoms with E-state index in [0.29, 0.717) is 25.4 Å². The fourth-order valence-corrected chi connectivity index (χ4v) is 1.66. The summed E-state index contributed by atoms with van der Waals surface area (Å²) in [5, 5.41) is 0. The Hall–Kier alpha value is -1.39. The molecule has 0 N–H and O–H groups in total. The Labute approximate surface area is 100 Å². The predicted octanol–water partition coefficient (Wildman–Crippen LogP) is 2.03. The molecule has 0 aromatic heterocycles. The summed E-state index contributed by atoms with van der Waals surface area (Å²) in [6, 6.07) is 7.08. The first kappa shape index (κ1) is 12.1. The minimum Gasteiger partial charge on any atom is -0.494 e. The second-order valence-electron chi connectivity index (χ2n) is 3.85. The summed E-state index contributed by atoms with van der Waals surface area (Å²) in [5.74, 6) is 0.781. The van der Waals surface area contributed by atoms with Gasteiger partial charge in [0, 0.05) is 12.0 Å². The third kappa shape index (κ3) is 3.84. The van der Waals surface area contributed by atoms with Crippen LogP contribution in [0, 0.1) is 0 Å². The lowest BCUT2D eigenvalue weighted by Crippen LogP contribution is -2.09. The van der Waals surface area contributed by atoms with E-state index in [2.05, 4.69) is 0 Å². The van der Waals surface area contributed by atoms with Gasteiger partial charge in [-0.25, -0.2) is 0 Å². The molecule has 92 valence electrons. The van der Waals surface area contributed by atoms with E-state index in [4.69, 9.17) is 14.2 Å². The smallest absolute Gasteiger partial charge is 0.157 e. The highest BCUT2D eigenvalue weighted by molar-refractivity contribution is 5.74. The second-order valence-corrected chi connectivity index (χ2v) is 3.85. The van der Waals surface area contributed by atoms with E-state index in [9.17, 15) is 4.79 Å². The average molecular weight is 236 g/mol. The molecule has 17 heavy (non-hydrogen) atoms. The van der Waals surface area contributed by atoms with Gasteiger partial charge >= 0.3 is 0 Å². The van der Waals surface area contributed by atoms with Crippen molar-refractivity contribution in [1.82, 2.24) is 0 Å². The van der Waals surface area contributed by atoms with Crippen molar-refractivity contribution in [1.29, 1.82) is 0 Å². The van der Waals surface area contributed by atoms with Crippen molar-refractivity contribution in [2.45, 2.75) is 19.1 Å². The molecule has 1 aromatic rings. The van der Waals surface area contributed by atoms with Crippen molar-refractivity contribution in [2.75, 3.05) is 19.8 Å². The van der Waals surface area contributed by atoms with Gasteiger partial charge in [0.2, 0.25) is 0 Å². The van der Waals surface area contributed by atoms with Crippen molar-refractivity contribution in [3.05, 3.63) is 29.8 Å². The molecule has 1 fully saturated rings. The molecule has 1 aliphatic heterocycles. The van der Waals surface area contributed by atoms with Crippen LogP contribution >= 0.6 is 0 Å². The van der Waals surface area contributed by atoms with E-state index >= 15 is 0 Å². The lowest BCUT2D eigenvalue weighted by molar-refractivity contribution is -0.0492. The van der Waals surface area contributed by atoms with Gasteiger partial charge in [-0.2, -0.15) is 0 Å². The fraction of sp³-hybridized carbons (Fsp3) is 0.462.